The highest BCUT2D eigenvalue weighted by atomic mass is 16.5. The van der Waals surface area contributed by atoms with Gasteiger partial charge in [-0.3, -0.25) is 4.79 Å². The Morgan fingerprint density at radius 3 is 1.85 bits per heavy atom. The van der Waals surface area contributed by atoms with E-state index in [1.807, 2.05) is 38.1 Å². The Balaban J connectivity index is 1.74. The van der Waals surface area contributed by atoms with Gasteiger partial charge >= 0.3 is 17.9 Å². The molecule has 2 aromatic carbocycles. The molecule has 0 fully saturated rings. The molecule has 220 valence electrons. The van der Waals surface area contributed by atoms with Gasteiger partial charge in [0.15, 0.2) is 0 Å². The van der Waals surface area contributed by atoms with Crippen LogP contribution in [-0.4, -0.2) is 35.2 Å². The van der Waals surface area contributed by atoms with Gasteiger partial charge in [0.25, 0.3) is 0 Å². The van der Waals surface area contributed by atoms with E-state index in [1.165, 1.54) is 0 Å². The predicted molar refractivity (Wildman–Crippen MR) is 161 cm³/mol. The number of rotatable bonds is 15. The highest BCUT2D eigenvalue weighted by molar-refractivity contribution is 5.97. The summed E-state index contributed by atoms with van der Waals surface area (Å²) in [5.74, 6) is -2.12. The van der Waals surface area contributed by atoms with Crippen molar-refractivity contribution in [1.82, 2.24) is 0 Å². The number of carboxylic acid groups (broad SMARTS) is 1. The summed E-state index contributed by atoms with van der Waals surface area (Å²) in [4.78, 5) is 38.4. The van der Waals surface area contributed by atoms with E-state index in [0.717, 1.165) is 56.9 Å². The molecule has 0 bridgehead atoms. The zero-order valence-corrected chi connectivity index (χ0v) is 24.8. The number of carbonyl (C=O) groups is 3. The summed E-state index contributed by atoms with van der Waals surface area (Å²) in [5.41, 5.74) is 0.510. The van der Waals surface area contributed by atoms with Gasteiger partial charge in [0.2, 0.25) is 0 Å². The van der Waals surface area contributed by atoms with E-state index >= 15 is 0 Å². The molecule has 0 aliphatic heterocycles. The van der Waals surface area contributed by atoms with Gasteiger partial charge in [-0.1, -0.05) is 94.2 Å². The average molecular weight is 561 g/mol. The maximum Gasteiger partial charge on any atom is 0.338 e. The maximum atomic E-state index is 13.1. The Bertz CT molecular complexity index is 1210. The fourth-order valence-corrected chi connectivity index (χ4v) is 5.13. The maximum absolute atomic E-state index is 13.1. The number of benzene rings is 2. The van der Waals surface area contributed by atoms with Crippen LogP contribution in [0.2, 0.25) is 0 Å². The minimum absolute atomic E-state index is 0.133. The van der Waals surface area contributed by atoms with Crippen molar-refractivity contribution in [2.75, 3.05) is 0 Å². The van der Waals surface area contributed by atoms with E-state index in [0.29, 0.717) is 11.1 Å². The van der Waals surface area contributed by atoms with Crippen molar-refractivity contribution < 1.29 is 29.0 Å². The van der Waals surface area contributed by atoms with Crippen LogP contribution in [-0.2, 0) is 19.7 Å². The van der Waals surface area contributed by atoms with Crippen LogP contribution < -0.4 is 0 Å². The molecule has 0 unspecified atom stereocenters. The minimum atomic E-state index is -1.50. The molecule has 0 saturated heterocycles. The molecular weight excluding hydrogens is 516 g/mol. The number of allylic oxidation sites excluding steroid dienone is 2. The zero-order valence-electron chi connectivity index (χ0n) is 24.8. The summed E-state index contributed by atoms with van der Waals surface area (Å²) in [7, 11) is 0. The lowest BCUT2D eigenvalue weighted by Crippen LogP contribution is -2.35. The fourth-order valence-electron chi connectivity index (χ4n) is 5.13. The molecule has 0 amide bonds. The highest BCUT2D eigenvalue weighted by Gasteiger charge is 2.40. The SMILES string of the molecule is CCCCC[C@@H](C)OC(=O)c1ccc(C2C=CC(C(=O)O)(c3ccccc3C(=O)O[C@H](C)CCCCC)C=C2)cc1. The number of hydrogen-bond donors (Lipinski definition) is 1. The largest absolute Gasteiger partial charge is 0.480 e. The third-order valence-corrected chi connectivity index (χ3v) is 7.66. The van der Waals surface area contributed by atoms with Crippen LogP contribution in [0.25, 0.3) is 0 Å². The summed E-state index contributed by atoms with van der Waals surface area (Å²) in [6.07, 6.45) is 14.6. The normalized spacial score (nSPS) is 19.4. The smallest absolute Gasteiger partial charge is 0.338 e. The third kappa shape index (κ3) is 8.42. The van der Waals surface area contributed by atoms with Gasteiger partial charge in [0.1, 0.15) is 5.41 Å². The van der Waals surface area contributed by atoms with Gasteiger partial charge in [0.05, 0.1) is 23.3 Å². The van der Waals surface area contributed by atoms with Crippen LogP contribution in [0.3, 0.4) is 0 Å². The third-order valence-electron chi connectivity index (χ3n) is 7.66. The van der Waals surface area contributed by atoms with E-state index in [9.17, 15) is 19.5 Å². The van der Waals surface area contributed by atoms with Crippen molar-refractivity contribution >= 4 is 17.9 Å². The first-order valence-corrected chi connectivity index (χ1v) is 14.9. The molecule has 41 heavy (non-hydrogen) atoms. The molecule has 1 aliphatic rings. The number of esters is 2. The van der Waals surface area contributed by atoms with Crippen LogP contribution in [0.4, 0.5) is 0 Å². The number of aliphatic carboxylic acids is 1. The number of hydrogen-bond acceptors (Lipinski definition) is 5. The van der Waals surface area contributed by atoms with Gasteiger partial charge < -0.3 is 14.6 Å². The van der Waals surface area contributed by atoms with Crippen LogP contribution in [0.1, 0.15) is 117 Å². The van der Waals surface area contributed by atoms with Crippen LogP contribution in [0.15, 0.2) is 72.8 Å². The van der Waals surface area contributed by atoms with E-state index in [2.05, 4.69) is 13.8 Å². The highest BCUT2D eigenvalue weighted by Crippen LogP contribution is 2.37. The molecule has 3 rings (SSSR count). The van der Waals surface area contributed by atoms with Crippen molar-refractivity contribution in [2.24, 2.45) is 0 Å². The number of ether oxygens (including phenoxy) is 2. The Hall–Kier alpha value is -3.67. The predicted octanol–water partition coefficient (Wildman–Crippen LogP) is 8.17. The van der Waals surface area contributed by atoms with Gasteiger partial charge in [0, 0.05) is 5.92 Å². The van der Waals surface area contributed by atoms with Gasteiger partial charge in [-0.25, -0.2) is 9.59 Å². The van der Waals surface area contributed by atoms with Gasteiger partial charge in [-0.05, 0) is 68.9 Å². The molecular formula is C35H44O6. The first-order chi connectivity index (χ1) is 19.7. The first-order valence-electron chi connectivity index (χ1n) is 14.9. The lowest BCUT2D eigenvalue weighted by atomic mass is 9.73. The second kappa shape index (κ2) is 15.4. The molecule has 2 aromatic rings. The first kappa shape index (κ1) is 31.9. The minimum Gasteiger partial charge on any atom is -0.480 e. The quantitative estimate of drug-likeness (QED) is 0.134. The molecule has 0 spiro atoms. The monoisotopic (exact) mass is 560 g/mol. The van der Waals surface area contributed by atoms with Gasteiger partial charge in [-0.2, -0.15) is 0 Å². The van der Waals surface area contributed by atoms with Crippen LogP contribution in [0, 0.1) is 0 Å². The van der Waals surface area contributed by atoms with Crippen LogP contribution >= 0.6 is 0 Å². The average Bonchev–Trinajstić information content (AvgIpc) is 2.97. The summed E-state index contributed by atoms with van der Waals surface area (Å²) < 4.78 is 11.3. The Kier molecular flexibility index (Phi) is 11.9. The molecule has 0 aromatic heterocycles. The second-order valence-corrected chi connectivity index (χ2v) is 11.0. The molecule has 0 saturated carbocycles. The zero-order chi connectivity index (χ0) is 29.8. The topological polar surface area (TPSA) is 89.9 Å². The number of unbranched alkanes of at least 4 members (excludes halogenated alkanes) is 4. The molecule has 1 aliphatic carbocycles. The molecule has 2 atom stereocenters. The second-order valence-electron chi connectivity index (χ2n) is 11.0. The van der Waals surface area contributed by atoms with Crippen molar-refractivity contribution in [3.63, 3.8) is 0 Å². The molecule has 0 heterocycles. The molecule has 6 nitrogen and oxygen atoms in total. The van der Waals surface area contributed by atoms with E-state index in [-0.39, 0.29) is 29.7 Å². The Morgan fingerprint density at radius 2 is 1.32 bits per heavy atom. The van der Waals surface area contributed by atoms with Crippen molar-refractivity contribution in [1.29, 1.82) is 0 Å². The lowest BCUT2D eigenvalue weighted by Gasteiger charge is -2.29. The van der Waals surface area contributed by atoms with E-state index in [1.54, 1.807) is 48.6 Å². The van der Waals surface area contributed by atoms with Gasteiger partial charge in [-0.15, -0.1) is 0 Å². The molecule has 0 radical (unpaired) electrons. The summed E-state index contributed by atoms with van der Waals surface area (Å²) in [5, 5.41) is 10.4. The molecule has 1 N–H and O–H groups in total. The van der Waals surface area contributed by atoms with Crippen molar-refractivity contribution in [2.45, 2.75) is 103 Å². The summed E-state index contributed by atoms with van der Waals surface area (Å²) in [6.45, 7) is 8.05. The Morgan fingerprint density at radius 1 is 0.780 bits per heavy atom. The van der Waals surface area contributed by atoms with E-state index in [4.69, 9.17) is 9.47 Å². The summed E-state index contributed by atoms with van der Waals surface area (Å²) in [6, 6.07) is 13.9. The van der Waals surface area contributed by atoms with E-state index < -0.39 is 17.4 Å². The fraction of sp³-hybridized carbons (Fsp3) is 0.457. The number of carbonyl (C=O) groups excluding carboxylic acids is 2. The summed E-state index contributed by atoms with van der Waals surface area (Å²) >= 11 is 0. The Labute approximate surface area is 244 Å². The standard InChI is InChI=1S/C35H44O6/c1-5-7-9-13-25(3)40-32(36)29-19-17-27(18-20-29)28-21-23-35(24-22-28,34(38)39)31-16-12-11-15-30(31)33(37)41-26(4)14-10-8-6-2/h11-12,15-26,28H,5-10,13-14H2,1-4H3,(H,38,39)/t25-,26-,28?,35?/m1/s1. The van der Waals surface area contributed by atoms with Crippen molar-refractivity contribution in [3.8, 4) is 0 Å². The number of carboxylic acids is 1. The van der Waals surface area contributed by atoms with Crippen molar-refractivity contribution in [3.05, 3.63) is 95.1 Å². The molecule has 6 heteroatoms. The lowest BCUT2D eigenvalue weighted by molar-refractivity contribution is -0.140. The van der Waals surface area contributed by atoms with Crippen LogP contribution in [0.5, 0.6) is 0 Å².